The minimum Gasteiger partial charge on any atom is -0.387 e. The quantitative estimate of drug-likeness (QED) is 0.347. The molecule has 0 aliphatic heterocycles. The van der Waals surface area contributed by atoms with Gasteiger partial charge in [0.05, 0.1) is 18.8 Å². The lowest BCUT2D eigenvalue weighted by Gasteiger charge is -2.15. The number of rotatable bonds is 15. The van der Waals surface area contributed by atoms with Crippen molar-refractivity contribution in [3.8, 4) is 0 Å². The zero-order valence-corrected chi connectivity index (χ0v) is 15.1. The molecule has 0 radical (unpaired) electrons. The van der Waals surface area contributed by atoms with E-state index in [1.807, 2.05) is 6.08 Å². The highest BCUT2D eigenvalue weighted by Crippen LogP contribution is 2.14. The van der Waals surface area contributed by atoms with Gasteiger partial charge in [-0.15, -0.1) is 0 Å². The molecule has 0 bridgehead atoms. The molecule has 0 heterocycles. The maximum atomic E-state index is 9.84. The summed E-state index contributed by atoms with van der Waals surface area (Å²) in [6.45, 7) is 4.85. The topological polar surface area (TPSA) is 55.5 Å². The third-order valence-electron chi connectivity index (χ3n) is 4.20. The summed E-state index contributed by atoms with van der Waals surface area (Å²) < 4.78 is 4.95. The van der Waals surface area contributed by atoms with Gasteiger partial charge in [-0.25, -0.2) is 0 Å². The van der Waals surface area contributed by atoms with E-state index < -0.39 is 6.10 Å². The first kappa shape index (κ1) is 21.6. The van der Waals surface area contributed by atoms with Crippen LogP contribution in [-0.4, -0.2) is 31.0 Å². The minimum atomic E-state index is -0.606. The van der Waals surface area contributed by atoms with Crippen molar-refractivity contribution in [3.05, 3.63) is 12.2 Å². The van der Waals surface area contributed by atoms with E-state index in [1.54, 1.807) is 7.11 Å². The van der Waals surface area contributed by atoms with Gasteiger partial charge in [-0.05, 0) is 12.3 Å². The van der Waals surface area contributed by atoms with Crippen molar-refractivity contribution in [1.82, 2.24) is 0 Å². The molecule has 0 aromatic heterocycles. The lowest BCUT2D eigenvalue weighted by atomic mass is 10.00. The summed E-state index contributed by atoms with van der Waals surface area (Å²) in [5, 5.41) is 9.84. The fourth-order valence-corrected chi connectivity index (χ4v) is 2.61. The van der Waals surface area contributed by atoms with Crippen LogP contribution in [-0.2, 0) is 4.74 Å². The molecule has 0 rings (SSSR count). The zero-order valence-electron chi connectivity index (χ0n) is 15.1. The van der Waals surface area contributed by atoms with Crippen molar-refractivity contribution < 1.29 is 9.84 Å². The summed E-state index contributed by atoms with van der Waals surface area (Å²) in [5.74, 6) is 0.508. The fourth-order valence-electron chi connectivity index (χ4n) is 2.61. The number of allylic oxidation sites excluding steroid dienone is 1. The molecule has 0 fully saturated rings. The molecular weight excluding hydrogens is 274 g/mol. The second-order valence-corrected chi connectivity index (χ2v) is 6.59. The van der Waals surface area contributed by atoms with Crippen LogP contribution in [0.2, 0.25) is 0 Å². The molecule has 0 amide bonds. The molecule has 2 unspecified atom stereocenters. The van der Waals surface area contributed by atoms with Gasteiger partial charge in [-0.2, -0.15) is 0 Å². The van der Waals surface area contributed by atoms with Crippen molar-refractivity contribution in [2.75, 3.05) is 13.7 Å². The fraction of sp³-hybridized carbons (Fsp3) is 0.895. The Labute approximate surface area is 138 Å². The van der Waals surface area contributed by atoms with Gasteiger partial charge in [0, 0.05) is 7.11 Å². The number of aliphatic hydroxyl groups is 1. The van der Waals surface area contributed by atoms with Gasteiger partial charge in [-0.3, -0.25) is 0 Å². The first-order valence-electron chi connectivity index (χ1n) is 9.22. The van der Waals surface area contributed by atoms with E-state index in [4.69, 9.17) is 10.5 Å². The summed E-state index contributed by atoms with van der Waals surface area (Å²) in [4.78, 5) is 0. The first-order valence-corrected chi connectivity index (χ1v) is 9.22. The molecule has 0 aromatic carbocycles. The lowest BCUT2D eigenvalue weighted by molar-refractivity contribution is 0.113. The standard InChI is InChI=1S/C19H39NO2/c1-4-5-6-7-8-9-10-11-12-13-17(2)14-15-19(21)18(20)16-22-3/h14-15,17-19,21H,4-13,16,20H2,1-3H3/b15-14+/t17?,18-,19?/m1/s1. The smallest absolute Gasteiger partial charge is 0.0894 e. The largest absolute Gasteiger partial charge is 0.387 e. The maximum absolute atomic E-state index is 9.84. The molecule has 0 saturated carbocycles. The number of ether oxygens (including phenoxy) is 1. The Morgan fingerprint density at radius 1 is 0.955 bits per heavy atom. The van der Waals surface area contributed by atoms with Crippen molar-refractivity contribution in [2.45, 2.75) is 90.2 Å². The van der Waals surface area contributed by atoms with Gasteiger partial charge < -0.3 is 15.6 Å². The van der Waals surface area contributed by atoms with Crippen molar-refractivity contribution in [2.24, 2.45) is 11.7 Å². The molecule has 0 aliphatic carbocycles. The predicted octanol–water partition coefficient (Wildman–Crippen LogP) is 4.43. The van der Waals surface area contributed by atoms with Gasteiger partial charge in [0.25, 0.3) is 0 Å². The Kier molecular flexibility index (Phi) is 15.2. The monoisotopic (exact) mass is 313 g/mol. The number of methoxy groups -OCH3 is 1. The number of unbranched alkanes of at least 4 members (excludes halogenated alkanes) is 8. The molecule has 0 saturated heterocycles. The van der Waals surface area contributed by atoms with Crippen molar-refractivity contribution in [1.29, 1.82) is 0 Å². The van der Waals surface area contributed by atoms with Crippen LogP contribution >= 0.6 is 0 Å². The van der Waals surface area contributed by atoms with Gasteiger partial charge in [0.2, 0.25) is 0 Å². The van der Waals surface area contributed by atoms with Gasteiger partial charge in [0.15, 0.2) is 0 Å². The number of nitrogens with two attached hydrogens (primary N) is 1. The molecule has 0 aromatic rings. The van der Waals surface area contributed by atoms with E-state index in [-0.39, 0.29) is 6.04 Å². The second kappa shape index (κ2) is 15.5. The van der Waals surface area contributed by atoms with Crippen LogP contribution in [0.15, 0.2) is 12.2 Å². The molecular formula is C19H39NO2. The van der Waals surface area contributed by atoms with E-state index in [1.165, 1.54) is 64.2 Å². The summed E-state index contributed by atoms with van der Waals surface area (Å²) >= 11 is 0. The molecule has 0 spiro atoms. The SMILES string of the molecule is CCCCCCCCCCCC(C)/C=C/C(O)[C@H](N)COC. The highest BCUT2D eigenvalue weighted by Gasteiger charge is 2.11. The van der Waals surface area contributed by atoms with Crippen LogP contribution in [0.1, 0.15) is 78.1 Å². The second-order valence-electron chi connectivity index (χ2n) is 6.59. The third kappa shape index (κ3) is 13.3. The molecule has 132 valence electrons. The number of hydrogen-bond donors (Lipinski definition) is 2. The third-order valence-corrected chi connectivity index (χ3v) is 4.20. The van der Waals surface area contributed by atoms with Gasteiger partial charge >= 0.3 is 0 Å². The van der Waals surface area contributed by atoms with Gasteiger partial charge in [0.1, 0.15) is 0 Å². The highest BCUT2D eigenvalue weighted by atomic mass is 16.5. The average molecular weight is 314 g/mol. The summed E-state index contributed by atoms with van der Waals surface area (Å²) in [5.41, 5.74) is 5.79. The van der Waals surface area contributed by atoms with E-state index >= 15 is 0 Å². The van der Waals surface area contributed by atoms with E-state index in [0.717, 1.165) is 0 Å². The predicted molar refractivity (Wildman–Crippen MR) is 96.0 cm³/mol. The van der Waals surface area contributed by atoms with Crippen LogP contribution in [0.25, 0.3) is 0 Å². The summed E-state index contributed by atoms with van der Waals surface area (Å²) in [6.07, 6.45) is 16.8. The van der Waals surface area contributed by atoms with E-state index in [2.05, 4.69) is 19.9 Å². The van der Waals surface area contributed by atoms with Crippen LogP contribution < -0.4 is 5.73 Å². The molecule has 0 aliphatic rings. The maximum Gasteiger partial charge on any atom is 0.0894 e. The minimum absolute atomic E-state index is 0.332. The van der Waals surface area contributed by atoms with Crippen LogP contribution in [0.4, 0.5) is 0 Å². The van der Waals surface area contributed by atoms with Crippen LogP contribution in [0.5, 0.6) is 0 Å². The average Bonchev–Trinajstić information content (AvgIpc) is 2.51. The van der Waals surface area contributed by atoms with Crippen molar-refractivity contribution >= 4 is 0 Å². The van der Waals surface area contributed by atoms with E-state index in [9.17, 15) is 5.11 Å². The highest BCUT2D eigenvalue weighted by molar-refractivity contribution is 4.96. The summed E-state index contributed by atoms with van der Waals surface area (Å²) in [6, 6.07) is -0.332. The normalized spacial score (nSPS) is 16.0. The van der Waals surface area contributed by atoms with Crippen LogP contribution in [0, 0.1) is 5.92 Å². The van der Waals surface area contributed by atoms with E-state index in [0.29, 0.717) is 12.5 Å². The molecule has 3 heteroatoms. The molecule has 3 atom stereocenters. The lowest BCUT2D eigenvalue weighted by Crippen LogP contribution is -2.37. The molecule has 3 nitrogen and oxygen atoms in total. The Morgan fingerprint density at radius 3 is 2.05 bits per heavy atom. The zero-order chi connectivity index (χ0) is 16.6. The van der Waals surface area contributed by atoms with Gasteiger partial charge in [-0.1, -0.05) is 83.8 Å². The first-order chi connectivity index (χ1) is 10.6. The molecule has 3 N–H and O–H groups in total. The number of aliphatic hydroxyl groups excluding tert-OH is 1. The Bertz CT molecular complexity index is 256. The number of hydrogen-bond acceptors (Lipinski definition) is 3. The van der Waals surface area contributed by atoms with Crippen molar-refractivity contribution in [3.63, 3.8) is 0 Å². The summed E-state index contributed by atoms with van der Waals surface area (Å²) in [7, 11) is 1.60. The molecule has 22 heavy (non-hydrogen) atoms. The van der Waals surface area contributed by atoms with Crippen LogP contribution in [0.3, 0.4) is 0 Å². The Hall–Kier alpha value is -0.380. The Balaban J connectivity index is 3.51. The Morgan fingerprint density at radius 2 is 1.50 bits per heavy atom.